The van der Waals surface area contributed by atoms with Crippen molar-refractivity contribution in [3.63, 3.8) is 0 Å². The van der Waals surface area contributed by atoms with Crippen LogP contribution in [0.25, 0.3) is 0 Å². The van der Waals surface area contributed by atoms with E-state index < -0.39 is 9.84 Å². The summed E-state index contributed by atoms with van der Waals surface area (Å²) in [6, 6.07) is 10.2. The predicted molar refractivity (Wildman–Crippen MR) is 97.8 cm³/mol. The normalized spacial score (nSPS) is 11.4. The number of amides is 1. The van der Waals surface area contributed by atoms with Crippen LogP contribution < -0.4 is 4.90 Å². The second-order valence-corrected chi connectivity index (χ2v) is 8.15. The first-order chi connectivity index (χ1) is 11.1. The predicted octanol–water partition coefficient (Wildman–Crippen LogP) is 4.03. The molecular formula is C18H20ClNO3S. The van der Waals surface area contributed by atoms with E-state index in [1.807, 2.05) is 39.0 Å². The molecule has 2 aromatic carbocycles. The van der Waals surface area contributed by atoms with E-state index in [4.69, 9.17) is 11.6 Å². The van der Waals surface area contributed by atoms with E-state index in [9.17, 15) is 13.2 Å². The summed E-state index contributed by atoms with van der Waals surface area (Å²) in [5.74, 6) is -0.257. The van der Waals surface area contributed by atoms with Crippen LogP contribution in [0.4, 0.5) is 5.69 Å². The highest BCUT2D eigenvalue weighted by Crippen LogP contribution is 2.26. The lowest BCUT2D eigenvalue weighted by Crippen LogP contribution is -2.31. The van der Waals surface area contributed by atoms with Gasteiger partial charge in [-0.1, -0.05) is 23.7 Å². The highest BCUT2D eigenvalue weighted by atomic mass is 35.5. The minimum Gasteiger partial charge on any atom is -0.308 e. The Morgan fingerprint density at radius 1 is 1.12 bits per heavy atom. The average molecular weight is 366 g/mol. The number of aryl methyl sites for hydroxylation is 2. The van der Waals surface area contributed by atoms with Crippen molar-refractivity contribution >= 4 is 33.0 Å². The van der Waals surface area contributed by atoms with Crippen LogP contribution in [0.1, 0.15) is 28.4 Å². The fourth-order valence-corrected chi connectivity index (χ4v) is 3.81. The Kier molecular flexibility index (Phi) is 5.35. The summed E-state index contributed by atoms with van der Waals surface area (Å²) < 4.78 is 23.7. The molecule has 0 aliphatic rings. The quantitative estimate of drug-likeness (QED) is 0.822. The van der Waals surface area contributed by atoms with Crippen LogP contribution in [0.5, 0.6) is 0 Å². The minimum atomic E-state index is -3.50. The van der Waals surface area contributed by atoms with E-state index >= 15 is 0 Å². The smallest absolute Gasteiger partial charge is 0.258 e. The van der Waals surface area contributed by atoms with Crippen molar-refractivity contribution in [1.29, 1.82) is 0 Å². The Balaban J connectivity index is 2.52. The van der Waals surface area contributed by atoms with Gasteiger partial charge >= 0.3 is 0 Å². The molecule has 0 N–H and O–H groups in total. The van der Waals surface area contributed by atoms with Crippen molar-refractivity contribution in [1.82, 2.24) is 0 Å². The van der Waals surface area contributed by atoms with Crippen LogP contribution in [0, 0.1) is 13.8 Å². The van der Waals surface area contributed by atoms with Gasteiger partial charge in [-0.25, -0.2) is 8.42 Å². The zero-order valence-electron chi connectivity index (χ0n) is 14.1. The highest BCUT2D eigenvalue weighted by molar-refractivity contribution is 7.90. The van der Waals surface area contributed by atoms with Gasteiger partial charge in [0.25, 0.3) is 5.91 Å². The third-order valence-corrected chi connectivity index (χ3v) is 5.37. The van der Waals surface area contributed by atoms with E-state index in [0.717, 1.165) is 23.1 Å². The maximum Gasteiger partial charge on any atom is 0.258 e. The standard InChI is InChI=1S/C18H20ClNO3S/c1-5-20(16-10-12(2)6-7-13(16)3)18(21)14-8-9-15(19)17(11-14)24(4,22)23/h6-11H,5H2,1-4H3. The molecule has 0 saturated heterocycles. The van der Waals surface area contributed by atoms with E-state index in [1.165, 1.54) is 12.1 Å². The van der Waals surface area contributed by atoms with Crippen LogP contribution in [0.2, 0.25) is 5.02 Å². The largest absolute Gasteiger partial charge is 0.308 e. The lowest BCUT2D eigenvalue weighted by atomic mass is 10.1. The molecule has 0 spiro atoms. The van der Waals surface area contributed by atoms with Gasteiger partial charge in [0.2, 0.25) is 0 Å². The third-order valence-electron chi connectivity index (χ3n) is 3.79. The zero-order valence-corrected chi connectivity index (χ0v) is 15.7. The summed E-state index contributed by atoms with van der Waals surface area (Å²) in [6.45, 7) is 6.26. The summed E-state index contributed by atoms with van der Waals surface area (Å²) in [5.41, 5.74) is 3.14. The monoisotopic (exact) mass is 365 g/mol. The Morgan fingerprint density at radius 3 is 2.38 bits per heavy atom. The molecular weight excluding hydrogens is 346 g/mol. The van der Waals surface area contributed by atoms with Crippen molar-refractivity contribution < 1.29 is 13.2 Å². The minimum absolute atomic E-state index is 0.0352. The second-order valence-electron chi connectivity index (χ2n) is 5.76. The number of anilines is 1. The molecule has 0 atom stereocenters. The van der Waals surface area contributed by atoms with Gasteiger partial charge in [-0.05, 0) is 56.2 Å². The first kappa shape index (κ1) is 18.5. The molecule has 0 aliphatic heterocycles. The number of nitrogens with zero attached hydrogens (tertiary/aromatic N) is 1. The highest BCUT2D eigenvalue weighted by Gasteiger charge is 2.21. The summed E-state index contributed by atoms with van der Waals surface area (Å²) in [7, 11) is -3.50. The summed E-state index contributed by atoms with van der Waals surface area (Å²) in [4.78, 5) is 14.5. The Bertz CT molecular complexity index is 891. The molecule has 0 fully saturated rings. The number of halogens is 1. The third kappa shape index (κ3) is 3.79. The SMILES string of the molecule is CCN(C(=O)c1ccc(Cl)c(S(C)(=O)=O)c1)c1cc(C)ccc1C. The molecule has 2 rings (SSSR count). The molecule has 0 unspecified atom stereocenters. The van der Waals surface area contributed by atoms with Crippen LogP contribution in [0.15, 0.2) is 41.3 Å². The topological polar surface area (TPSA) is 54.5 Å². The zero-order chi connectivity index (χ0) is 18.1. The summed E-state index contributed by atoms with van der Waals surface area (Å²) in [5, 5.41) is 0.115. The molecule has 0 bridgehead atoms. The number of sulfone groups is 1. The number of carbonyl (C=O) groups is 1. The fourth-order valence-electron chi connectivity index (χ4n) is 2.51. The molecule has 4 nitrogen and oxygen atoms in total. The van der Waals surface area contributed by atoms with Crippen LogP contribution in [-0.4, -0.2) is 27.1 Å². The number of benzene rings is 2. The molecule has 2 aromatic rings. The van der Waals surface area contributed by atoms with Crippen molar-refractivity contribution in [2.45, 2.75) is 25.7 Å². The molecule has 128 valence electrons. The van der Waals surface area contributed by atoms with Crippen molar-refractivity contribution in [2.75, 3.05) is 17.7 Å². The van der Waals surface area contributed by atoms with Crippen LogP contribution in [0.3, 0.4) is 0 Å². The van der Waals surface area contributed by atoms with E-state index in [0.29, 0.717) is 12.1 Å². The first-order valence-electron chi connectivity index (χ1n) is 7.54. The Labute approximate surface area is 148 Å². The van der Waals surface area contributed by atoms with Gasteiger partial charge in [0, 0.05) is 24.1 Å². The molecule has 0 heterocycles. The lowest BCUT2D eigenvalue weighted by molar-refractivity contribution is 0.0988. The lowest BCUT2D eigenvalue weighted by Gasteiger charge is -2.24. The van der Waals surface area contributed by atoms with Crippen molar-refractivity contribution in [2.24, 2.45) is 0 Å². The molecule has 24 heavy (non-hydrogen) atoms. The molecule has 0 aliphatic carbocycles. The van der Waals surface area contributed by atoms with Gasteiger partial charge in [0.1, 0.15) is 0 Å². The van der Waals surface area contributed by atoms with Gasteiger partial charge in [-0.15, -0.1) is 0 Å². The molecule has 1 amide bonds. The maximum atomic E-state index is 12.9. The number of rotatable bonds is 4. The van der Waals surface area contributed by atoms with Crippen LogP contribution >= 0.6 is 11.6 Å². The summed E-state index contributed by atoms with van der Waals surface area (Å²) >= 11 is 5.96. The number of hydrogen-bond acceptors (Lipinski definition) is 3. The van der Waals surface area contributed by atoms with Crippen molar-refractivity contribution in [3.8, 4) is 0 Å². The number of hydrogen-bond donors (Lipinski definition) is 0. The average Bonchev–Trinajstić information content (AvgIpc) is 2.50. The molecule has 6 heteroatoms. The molecule has 0 aromatic heterocycles. The van der Waals surface area contributed by atoms with Gasteiger partial charge in [-0.3, -0.25) is 4.79 Å². The second kappa shape index (κ2) is 6.95. The van der Waals surface area contributed by atoms with Crippen molar-refractivity contribution in [3.05, 3.63) is 58.1 Å². The van der Waals surface area contributed by atoms with E-state index in [-0.39, 0.29) is 15.8 Å². The van der Waals surface area contributed by atoms with Gasteiger partial charge in [0.05, 0.1) is 9.92 Å². The fraction of sp³-hybridized carbons (Fsp3) is 0.278. The van der Waals surface area contributed by atoms with Crippen LogP contribution in [-0.2, 0) is 9.84 Å². The maximum absolute atomic E-state index is 12.9. The van der Waals surface area contributed by atoms with Gasteiger partial charge < -0.3 is 4.90 Å². The first-order valence-corrected chi connectivity index (χ1v) is 9.80. The van der Waals surface area contributed by atoms with E-state index in [2.05, 4.69) is 0 Å². The Morgan fingerprint density at radius 2 is 1.79 bits per heavy atom. The summed E-state index contributed by atoms with van der Waals surface area (Å²) in [6.07, 6.45) is 1.07. The molecule has 0 radical (unpaired) electrons. The molecule has 0 saturated carbocycles. The van der Waals surface area contributed by atoms with Gasteiger partial charge in [0.15, 0.2) is 9.84 Å². The number of carbonyl (C=O) groups excluding carboxylic acids is 1. The Hall–Kier alpha value is -1.85. The van der Waals surface area contributed by atoms with Gasteiger partial charge in [-0.2, -0.15) is 0 Å². The van der Waals surface area contributed by atoms with E-state index in [1.54, 1.807) is 11.0 Å².